The van der Waals surface area contributed by atoms with E-state index >= 15 is 0 Å². The smallest absolute Gasteiger partial charge is 0.331 e. The molecule has 0 aliphatic heterocycles. The van der Waals surface area contributed by atoms with E-state index in [1.165, 1.54) is 6.08 Å². The van der Waals surface area contributed by atoms with Gasteiger partial charge in [-0.1, -0.05) is 18.2 Å². The molecule has 2 aromatic rings. The highest BCUT2D eigenvalue weighted by Crippen LogP contribution is 2.23. The first-order valence-electron chi connectivity index (χ1n) is 7.53. The van der Waals surface area contributed by atoms with Crippen LogP contribution in [0.25, 0.3) is 6.08 Å². The first-order chi connectivity index (χ1) is 12.1. The fourth-order valence-electron chi connectivity index (χ4n) is 1.99. The molecule has 0 aromatic heterocycles. The molecule has 25 heavy (non-hydrogen) atoms. The molecule has 1 amide bonds. The Morgan fingerprint density at radius 1 is 1.00 bits per heavy atom. The number of hydrogen-bond donors (Lipinski definition) is 1. The molecule has 6 heteroatoms. The summed E-state index contributed by atoms with van der Waals surface area (Å²) in [4.78, 5) is 23.4. The summed E-state index contributed by atoms with van der Waals surface area (Å²) >= 11 is 0. The predicted octanol–water partition coefficient (Wildman–Crippen LogP) is 2.90. The standard InChI is InChI=1S/C19H19NO5/c1-23-16-10-14(11-17(12-16)24-2)8-9-19(22)25-13-18(21)20-15-6-4-3-5-7-15/h3-12H,13H2,1-2H3,(H,20,21)/b9-8+. The molecule has 1 N–H and O–H groups in total. The third-order valence-electron chi connectivity index (χ3n) is 3.19. The van der Waals surface area contributed by atoms with Crippen LogP contribution in [0.1, 0.15) is 5.56 Å². The van der Waals surface area contributed by atoms with Gasteiger partial charge in [0, 0.05) is 17.8 Å². The highest BCUT2D eigenvalue weighted by molar-refractivity contribution is 5.94. The van der Waals surface area contributed by atoms with Gasteiger partial charge in [0.2, 0.25) is 0 Å². The van der Waals surface area contributed by atoms with Crippen LogP contribution in [0.5, 0.6) is 11.5 Å². The van der Waals surface area contributed by atoms with Gasteiger partial charge in [0.1, 0.15) is 11.5 Å². The average molecular weight is 341 g/mol. The molecule has 0 unspecified atom stereocenters. The van der Waals surface area contributed by atoms with Gasteiger partial charge in [-0.2, -0.15) is 0 Å². The van der Waals surface area contributed by atoms with Crippen LogP contribution < -0.4 is 14.8 Å². The van der Waals surface area contributed by atoms with E-state index in [-0.39, 0.29) is 6.61 Å². The summed E-state index contributed by atoms with van der Waals surface area (Å²) in [5, 5.41) is 2.63. The van der Waals surface area contributed by atoms with Crippen molar-refractivity contribution >= 4 is 23.6 Å². The number of methoxy groups -OCH3 is 2. The molecule has 6 nitrogen and oxygen atoms in total. The molecule has 0 spiro atoms. The number of esters is 1. The van der Waals surface area contributed by atoms with Crippen molar-refractivity contribution in [1.29, 1.82) is 0 Å². The number of anilines is 1. The molecule has 0 atom stereocenters. The molecule has 0 saturated heterocycles. The van der Waals surface area contributed by atoms with Crippen LogP contribution in [0, 0.1) is 0 Å². The second-order valence-electron chi connectivity index (χ2n) is 5.00. The molecule has 0 heterocycles. The van der Waals surface area contributed by atoms with E-state index in [0.717, 1.165) is 0 Å². The molecular weight excluding hydrogens is 322 g/mol. The Hall–Kier alpha value is -3.28. The quantitative estimate of drug-likeness (QED) is 0.619. The van der Waals surface area contributed by atoms with Crippen molar-refractivity contribution in [2.75, 3.05) is 26.1 Å². The molecule has 0 bridgehead atoms. The summed E-state index contributed by atoms with van der Waals surface area (Å²) in [6.07, 6.45) is 2.80. The Morgan fingerprint density at radius 2 is 1.64 bits per heavy atom. The van der Waals surface area contributed by atoms with E-state index in [4.69, 9.17) is 14.2 Å². The fourth-order valence-corrected chi connectivity index (χ4v) is 1.99. The zero-order valence-corrected chi connectivity index (χ0v) is 14.0. The zero-order chi connectivity index (χ0) is 18.1. The molecule has 0 saturated carbocycles. The van der Waals surface area contributed by atoms with Crippen LogP contribution in [0.4, 0.5) is 5.69 Å². The summed E-state index contributed by atoms with van der Waals surface area (Å²) in [5.74, 6) is 0.185. The maximum atomic E-state index is 11.7. The number of ether oxygens (including phenoxy) is 3. The number of para-hydroxylation sites is 1. The van der Waals surface area contributed by atoms with Crippen LogP contribution in [-0.2, 0) is 14.3 Å². The predicted molar refractivity (Wildman–Crippen MR) is 94.6 cm³/mol. The van der Waals surface area contributed by atoms with E-state index in [1.807, 2.05) is 6.07 Å². The average Bonchev–Trinajstić information content (AvgIpc) is 2.65. The normalized spacial score (nSPS) is 10.3. The summed E-state index contributed by atoms with van der Waals surface area (Å²) in [7, 11) is 3.09. The summed E-state index contributed by atoms with van der Waals surface area (Å²) < 4.78 is 15.2. The van der Waals surface area contributed by atoms with Crippen LogP contribution in [0.15, 0.2) is 54.6 Å². The minimum absolute atomic E-state index is 0.362. The SMILES string of the molecule is COc1cc(/C=C/C(=O)OCC(=O)Nc2ccccc2)cc(OC)c1. The lowest BCUT2D eigenvalue weighted by Gasteiger charge is -2.06. The molecule has 130 valence electrons. The Balaban J connectivity index is 1.87. The van der Waals surface area contributed by atoms with Crippen molar-refractivity contribution in [3.63, 3.8) is 0 Å². The van der Waals surface area contributed by atoms with Crippen molar-refractivity contribution in [1.82, 2.24) is 0 Å². The van der Waals surface area contributed by atoms with Crippen LogP contribution in [-0.4, -0.2) is 32.7 Å². The molecule has 0 aliphatic carbocycles. The van der Waals surface area contributed by atoms with Crippen molar-refractivity contribution in [2.24, 2.45) is 0 Å². The van der Waals surface area contributed by atoms with Gasteiger partial charge in [0.05, 0.1) is 14.2 Å². The number of benzene rings is 2. The number of amides is 1. The van der Waals surface area contributed by atoms with Crippen molar-refractivity contribution in [2.45, 2.75) is 0 Å². The van der Waals surface area contributed by atoms with Crippen LogP contribution >= 0.6 is 0 Å². The summed E-state index contributed by atoms with van der Waals surface area (Å²) in [6, 6.07) is 14.1. The maximum Gasteiger partial charge on any atom is 0.331 e. The molecule has 2 rings (SSSR count). The van der Waals surface area contributed by atoms with E-state index in [9.17, 15) is 9.59 Å². The zero-order valence-electron chi connectivity index (χ0n) is 14.0. The Bertz CT molecular complexity index is 733. The lowest BCUT2D eigenvalue weighted by atomic mass is 10.2. The lowest BCUT2D eigenvalue weighted by Crippen LogP contribution is -2.20. The van der Waals surface area contributed by atoms with E-state index < -0.39 is 11.9 Å². The second-order valence-corrected chi connectivity index (χ2v) is 5.00. The molecule has 2 aromatic carbocycles. The highest BCUT2D eigenvalue weighted by atomic mass is 16.5. The number of rotatable bonds is 7. The monoisotopic (exact) mass is 341 g/mol. The van der Waals surface area contributed by atoms with Crippen LogP contribution in [0.2, 0.25) is 0 Å². The Morgan fingerprint density at radius 3 is 2.24 bits per heavy atom. The Labute approximate surface area is 146 Å². The van der Waals surface area contributed by atoms with Gasteiger partial charge in [-0.05, 0) is 35.9 Å². The summed E-state index contributed by atoms with van der Waals surface area (Å²) in [5.41, 5.74) is 1.35. The maximum absolute atomic E-state index is 11.7. The molecule has 0 fully saturated rings. The van der Waals surface area contributed by atoms with Gasteiger partial charge in [0.15, 0.2) is 6.61 Å². The fraction of sp³-hybridized carbons (Fsp3) is 0.158. The van der Waals surface area contributed by atoms with Crippen molar-refractivity contribution in [3.05, 3.63) is 60.2 Å². The van der Waals surface area contributed by atoms with Gasteiger partial charge in [-0.15, -0.1) is 0 Å². The van der Waals surface area contributed by atoms with E-state index in [0.29, 0.717) is 22.7 Å². The second kappa shape index (κ2) is 9.12. The van der Waals surface area contributed by atoms with E-state index in [2.05, 4.69) is 5.32 Å². The first kappa shape index (κ1) is 18.1. The van der Waals surface area contributed by atoms with Crippen LogP contribution in [0.3, 0.4) is 0 Å². The van der Waals surface area contributed by atoms with Gasteiger partial charge >= 0.3 is 5.97 Å². The Kier molecular flexibility index (Phi) is 6.59. The number of nitrogens with one attached hydrogen (secondary N) is 1. The summed E-state index contributed by atoms with van der Waals surface area (Å²) in [6.45, 7) is -0.362. The lowest BCUT2D eigenvalue weighted by molar-refractivity contribution is -0.142. The molecule has 0 radical (unpaired) electrons. The minimum Gasteiger partial charge on any atom is -0.497 e. The van der Waals surface area contributed by atoms with Gasteiger partial charge in [-0.25, -0.2) is 4.79 Å². The van der Waals surface area contributed by atoms with Gasteiger partial charge < -0.3 is 19.5 Å². The van der Waals surface area contributed by atoms with Crippen molar-refractivity contribution < 1.29 is 23.8 Å². The molecular formula is C19H19NO5. The van der Waals surface area contributed by atoms with Gasteiger partial charge in [-0.3, -0.25) is 4.79 Å². The van der Waals surface area contributed by atoms with E-state index in [1.54, 1.807) is 62.8 Å². The third kappa shape index (κ3) is 6.02. The highest BCUT2D eigenvalue weighted by Gasteiger charge is 2.06. The topological polar surface area (TPSA) is 73.9 Å². The van der Waals surface area contributed by atoms with Gasteiger partial charge in [0.25, 0.3) is 5.91 Å². The third-order valence-corrected chi connectivity index (χ3v) is 3.19. The first-order valence-corrected chi connectivity index (χ1v) is 7.53. The van der Waals surface area contributed by atoms with Crippen molar-refractivity contribution in [3.8, 4) is 11.5 Å². The number of carbonyl (C=O) groups excluding carboxylic acids is 2. The molecule has 0 aliphatic rings. The number of carbonyl (C=O) groups is 2. The number of hydrogen-bond acceptors (Lipinski definition) is 5. The largest absolute Gasteiger partial charge is 0.497 e. The minimum atomic E-state index is -0.620.